The van der Waals surface area contributed by atoms with Gasteiger partial charge in [-0.25, -0.2) is 9.69 Å². The Kier molecular flexibility index (Phi) is 7.27. The minimum atomic E-state index is -0.977. The maximum atomic E-state index is 13.5. The molecule has 0 radical (unpaired) electrons. The number of rotatable bonds is 7. The summed E-state index contributed by atoms with van der Waals surface area (Å²) >= 11 is 6.34. The molecule has 1 unspecified atom stereocenters. The summed E-state index contributed by atoms with van der Waals surface area (Å²) < 4.78 is 4.69. The zero-order valence-corrected chi connectivity index (χ0v) is 19.8. The van der Waals surface area contributed by atoms with Gasteiger partial charge in [0.2, 0.25) is 11.8 Å². The zero-order valence-electron chi connectivity index (χ0n) is 19.0. The summed E-state index contributed by atoms with van der Waals surface area (Å²) in [5.41, 5.74) is 2.10. The fraction of sp³-hybridized carbons (Fsp3) is 0.185. The molecule has 0 aliphatic carbocycles. The van der Waals surface area contributed by atoms with E-state index in [9.17, 15) is 19.2 Å². The molecule has 35 heavy (non-hydrogen) atoms. The number of imide groups is 1. The molecule has 1 fully saturated rings. The van der Waals surface area contributed by atoms with Gasteiger partial charge in [-0.15, -0.1) is 0 Å². The molecule has 1 saturated heterocycles. The fourth-order valence-electron chi connectivity index (χ4n) is 4.05. The first kappa shape index (κ1) is 24.2. The highest BCUT2D eigenvalue weighted by Crippen LogP contribution is 2.29. The van der Waals surface area contributed by atoms with E-state index in [1.165, 1.54) is 36.3 Å². The van der Waals surface area contributed by atoms with Crippen LogP contribution in [0.15, 0.2) is 78.9 Å². The monoisotopic (exact) mass is 490 g/mol. The molecule has 4 rings (SSSR count). The molecule has 7 nitrogen and oxygen atoms in total. The number of nitrogens with zero attached hydrogens (tertiary/aromatic N) is 2. The van der Waals surface area contributed by atoms with Gasteiger partial charge in [0.05, 0.1) is 31.2 Å². The van der Waals surface area contributed by atoms with Gasteiger partial charge in [-0.05, 0) is 41.5 Å². The van der Waals surface area contributed by atoms with Gasteiger partial charge < -0.3 is 9.64 Å². The number of methoxy groups -OCH3 is 1. The highest BCUT2D eigenvalue weighted by molar-refractivity contribution is 6.31. The first-order chi connectivity index (χ1) is 16.9. The van der Waals surface area contributed by atoms with Crippen LogP contribution >= 0.6 is 11.6 Å². The molecule has 3 amide bonds. The van der Waals surface area contributed by atoms with Crippen molar-refractivity contribution in [3.63, 3.8) is 0 Å². The molecule has 1 heterocycles. The standard InChI is InChI=1S/C27H23ClN2O5/c1-35-27(34)19-11-13-21(14-12-19)30-25(32)16-23(26(30)33)29(17-20-9-5-6-10-22(20)28)24(31)15-18-7-3-2-4-8-18/h2-14,23H,15-17H2,1H3. The number of ether oxygens (including phenoxy) is 1. The summed E-state index contributed by atoms with van der Waals surface area (Å²) in [6, 6.07) is 21.3. The lowest BCUT2D eigenvalue weighted by Gasteiger charge is -2.28. The molecule has 0 saturated carbocycles. The van der Waals surface area contributed by atoms with Crippen molar-refractivity contribution in [2.75, 3.05) is 12.0 Å². The molecule has 1 atom stereocenters. The lowest BCUT2D eigenvalue weighted by Crippen LogP contribution is -2.45. The van der Waals surface area contributed by atoms with Crippen LogP contribution in [0.3, 0.4) is 0 Å². The van der Waals surface area contributed by atoms with Crippen molar-refractivity contribution in [1.82, 2.24) is 4.90 Å². The van der Waals surface area contributed by atoms with Crippen molar-refractivity contribution in [1.29, 1.82) is 0 Å². The van der Waals surface area contributed by atoms with Crippen LogP contribution in [0.25, 0.3) is 0 Å². The van der Waals surface area contributed by atoms with E-state index >= 15 is 0 Å². The van der Waals surface area contributed by atoms with Crippen molar-refractivity contribution in [3.8, 4) is 0 Å². The maximum absolute atomic E-state index is 13.5. The van der Waals surface area contributed by atoms with E-state index in [-0.39, 0.29) is 25.3 Å². The molecule has 0 bridgehead atoms. The SMILES string of the molecule is COC(=O)c1ccc(N2C(=O)CC(N(Cc3ccccc3Cl)C(=O)Cc3ccccc3)C2=O)cc1. The predicted molar refractivity (Wildman–Crippen MR) is 131 cm³/mol. The third-order valence-corrected chi connectivity index (χ3v) is 6.23. The molecular weight excluding hydrogens is 468 g/mol. The largest absolute Gasteiger partial charge is 0.465 e. The first-order valence-corrected chi connectivity index (χ1v) is 11.4. The zero-order chi connectivity index (χ0) is 24.9. The maximum Gasteiger partial charge on any atom is 0.337 e. The van der Waals surface area contributed by atoms with Crippen LogP contribution in [0.5, 0.6) is 0 Å². The van der Waals surface area contributed by atoms with E-state index in [2.05, 4.69) is 0 Å². The van der Waals surface area contributed by atoms with E-state index in [1.54, 1.807) is 24.3 Å². The predicted octanol–water partition coefficient (Wildman–Crippen LogP) is 4.03. The third kappa shape index (κ3) is 5.25. The summed E-state index contributed by atoms with van der Waals surface area (Å²) in [7, 11) is 1.27. The average Bonchev–Trinajstić information content (AvgIpc) is 3.17. The minimum absolute atomic E-state index is 0.0804. The molecule has 8 heteroatoms. The van der Waals surface area contributed by atoms with E-state index in [0.717, 1.165) is 10.5 Å². The van der Waals surface area contributed by atoms with Gasteiger partial charge in [0, 0.05) is 11.6 Å². The van der Waals surface area contributed by atoms with Crippen LogP contribution in [0, 0.1) is 0 Å². The highest BCUT2D eigenvalue weighted by atomic mass is 35.5. The number of hydrogen-bond donors (Lipinski definition) is 0. The van der Waals surface area contributed by atoms with Crippen molar-refractivity contribution >= 4 is 41.0 Å². The van der Waals surface area contributed by atoms with Crippen molar-refractivity contribution in [2.24, 2.45) is 0 Å². The Bertz CT molecular complexity index is 1260. The van der Waals surface area contributed by atoms with E-state index in [1.807, 2.05) is 30.3 Å². The second-order valence-electron chi connectivity index (χ2n) is 8.10. The van der Waals surface area contributed by atoms with Gasteiger partial charge >= 0.3 is 5.97 Å². The second-order valence-corrected chi connectivity index (χ2v) is 8.51. The molecule has 3 aromatic rings. The minimum Gasteiger partial charge on any atom is -0.465 e. The Morgan fingerprint density at radius 3 is 2.29 bits per heavy atom. The van der Waals surface area contributed by atoms with Crippen molar-refractivity contribution in [2.45, 2.75) is 25.4 Å². The lowest BCUT2D eigenvalue weighted by molar-refractivity contribution is -0.138. The van der Waals surface area contributed by atoms with Gasteiger partial charge in [0.15, 0.2) is 0 Å². The number of carbonyl (C=O) groups excluding carboxylic acids is 4. The molecule has 0 N–H and O–H groups in total. The van der Waals surface area contributed by atoms with Crippen LogP contribution in [-0.4, -0.2) is 41.7 Å². The number of halogens is 1. The Morgan fingerprint density at radius 2 is 1.63 bits per heavy atom. The Labute approximate surface area is 207 Å². The normalized spacial score (nSPS) is 15.3. The quantitative estimate of drug-likeness (QED) is 0.369. The number of anilines is 1. The van der Waals surface area contributed by atoms with Crippen LogP contribution in [0.2, 0.25) is 5.02 Å². The summed E-state index contributed by atoms with van der Waals surface area (Å²) in [6.07, 6.45) is -0.0698. The molecule has 3 aromatic carbocycles. The molecule has 178 valence electrons. The fourth-order valence-corrected chi connectivity index (χ4v) is 4.24. The molecule has 1 aliphatic rings. The molecule has 1 aliphatic heterocycles. The number of carbonyl (C=O) groups is 4. The van der Waals surface area contributed by atoms with E-state index in [4.69, 9.17) is 16.3 Å². The van der Waals surface area contributed by atoms with Gasteiger partial charge in [-0.1, -0.05) is 60.1 Å². The summed E-state index contributed by atoms with van der Waals surface area (Å²) in [6.45, 7) is 0.0874. The lowest BCUT2D eigenvalue weighted by atomic mass is 10.1. The summed E-state index contributed by atoms with van der Waals surface area (Å²) in [5, 5.41) is 0.469. The van der Waals surface area contributed by atoms with Crippen LogP contribution in [0.1, 0.15) is 27.9 Å². The Morgan fingerprint density at radius 1 is 0.971 bits per heavy atom. The van der Waals surface area contributed by atoms with Crippen molar-refractivity contribution < 1.29 is 23.9 Å². The van der Waals surface area contributed by atoms with Gasteiger partial charge in [0.1, 0.15) is 6.04 Å². The average molecular weight is 491 g/mol. The summed E-state index contributed by atoms with van der Waals surface area (Å²) in [4.78, 5) is 54.0. The summed E-state index contributed by atoms with van der Waals surface area (Å²) in [5.74, 6) is -1.74. The number of amides is 3. The number of esters is 1. The molecule has 0 aromatic heterocycles. The topological polar surface area (TPSA) is 84.0 Å². The van der Waals surface area contributed by atoms with E-state index < -0.39 is 23.8 Å². The van der Waals surface area contributed by atoms with Crippen LogP contribution in [0.4, 0.5) is 5.69 Å². The number of benzene rings is 3. The number of hydrogen-bond acceptors (Lipinski definition) is 5. The third-order valence-electron chi connectivity index (χ3n) is 5.86. The Balaban J connectivity index is 1.63. The molecule has 0 spiro atoms. The smallest absolute Gasteiger partial charge is 0.337 e. The van der Waals surface area contributed by atoms with Crippen LogP contribution < -0.4 is 4.90 Å². The molecular formula is C27H23ClN2O5. The second kappa shape index (κ2) is 10.5. The van der Waals surface area contributed by atoms with Crippen LogP contribution in [-0.2, 0) is 32.1 Å². The van der Waals surface area contributed by atoms with Crippen molar-refractivity contribution in [3.05, 3.63) is 101 Å². The van der Waals surface area contributed by atoms with Gasteiger partial charge in [-0.3, -0.25) is 14.4 Å². The van der Waals surface area contributed by atoms with Gasteiger partial charge in [0.25, 0.3) is 5.91 Å². The first-order valence-electron chi connectivity index (χ1n) is 11.0. The van der Waals surface area contributed by atoms with E-state index in [0.29, 0.717) is 21.8 Å². The highest BCUT2D eigenvalue weighted by Gasteiger charge is 2.44. The Hall–Kier alpha value is -3.97. The van der Waals surface area contributed by atoms with Gasteiger partial charge in [-0.2, -0.15) is 0 Å².